The maximum Gasteiger partial charge on any atom is 0.191 e. The molecule has 5 nitrogen and oxygen atoms in total. The molecule has 0 aliphatic carbocycles. The summed E-state index contributed by atoms with van der Waals surface area (Å²) in [4.78, 5) is 4.43. The average molecular weight is 356 g/mol. The largest absolute Gasteiger partial charge is 0.389 e. The zero-order valence-electron chi connectivity index (χ0n) is 15.1. The highest BCUT2D eigenvalue weighted by Crippen LogP contribution is 2.15. The van der Waals surface area contributed by atoms with Crippen LogP contribution >= 0.6 is 11.6 Å². The predicted molar refractivity (Wildman–Crippen MR) is 101 cm³/mol. The summed E-state index contributed by atoms with van der Waals surface area (Å²) in [6.45, 7) is 10.2. The number of hydrogen-bond acceptors (Lipinski definition) is 3. The van der Waals surface area contributed by atoms with Crippen LogP contribution in [0.4, 0.5) is 0 Å². The average Bonchev–Trinajstić information content (AvgIpc) is 2.53. The summed E-state index contributed by atoms with van der Waals surface area (Å²) in [6, 6.07) is 7.79. The zero-order valence-corrected chi connectivity index (χ0v) is 15.8. The Morgan fingerprint density at radius 2 is 1.88 bits per heavy atom. The van der Waals surface area contributed by atoms with Gasteiger partial charge in [-0.1, -0.05) is 37.6 Å². The number of benzene rings is 1. The molecule has 0 heterocycles. The topological polar surface area (TPSA) is 65.9 Å². The molecule has 0 aliphatic rings. The van der Waals surface area contributed by atoms with Gasteiger partial charge in [0.1, 0.15) is 0 Å². The summed E-state index contributed by atoms with van der Waals surface area (Å²) in [7, 11) is 0. The van der Waals surface area contributed by atoms with Gasteiger partial charge in [0.25, 0.3) is 0 Å². The third kappa shape index (κ3) is 8.52. The number of aliphatic hydroxyl groups excluding tert-OH is 1. The summed E-state index contributed by atoms with van der Waals surface area (Å²) in [5.41, 5.74) is 1.12. The normalized spacial score (nSPS) is 14.5. The predicted octanol–water partition coefficient (Wildman–Crippen LogP) is 2.99. The van der Waals surface area contributed by atoms with E-state index in [9.17, 15) is 5.11 Å². The van der Waals surface area contributed by atoms with Crippen molar-refractivity contribution in [2.24, 2.45) is 10.9 Å². The summed E-state index contributed by atoms with van der Waals surface area (Å²) in [6.07, 6.45) is -0.606. The molecule has 0 fully saturated rings. The molecular formula is C18H30ClN3O2. The molecule has 24 heavy (non-hydrogen) atoms. The van der Waals surface area contributed by atoms with Gasteiger partial charge >= 0.3 is 0 Å². The second kappa shape index (κ2) is 11.3. The van der Waals surface area contributed by atoms with Crippen LogP contribution in [-0.2, 0) is 4.74 Å². The number of ether oxygens (including phenoxy) is 1. The fraction of sp³-hybridized carbons (Fsp3) is 0.611. The zero-order chi connectivity index (χ0) is 17.9. The third-order valence-electron chi connectivity index (χ3n) is 3.29. The SMILES string of the molecule is CCNC(=NCC(O)COCC(C)C)NC(C)c1ccc(Cl)cc1. The van der Waals surface area contributed by atoms with Gasteiger partial charge in [-0.2, -0.15) is 0 Å². The molecule has 0 aliphatic heterocycles. The van der Waals surface area contributed by atoms with Gasteiger partial charge in [0.2, 0.25) is 0 Å². The van der Waals surface area contributed by atoms with Crippen molar-refractivity contribution in [3.05, 3.63) is 34.9 Å². The lowest BCUT2D eigenvalue weighted by Gasteiger charge is -2.19. The summed E-state index contributed by atoms with van der Waals surface area (Å²) < 4.78 is 5.44. The van der Waals surface area contributed by atoms with Crippen LogP contribution in [0.2, 0.25) is 5.02 Å². The van der Waals surface area contributed by atoms with Crippen molar-refractivity contribution in [3.8, 4) is 0 Å². The number of halogens is 1. The van der Waals surface area contributed by atoms with Crippen LogP contribution in [0.15, 0.2) is 29.3 Å². The lowest BCUT2D eigenvalue weighted by molar-refractivity contribution is 0.0301. The van der Waals surface area contributed by atoms with E-state index in [1.54, 1.807) is 0 Å². The lowest BCUT2D eigenvalue weighted by Crippen LogP contribution is -2.39. The molecule has 1 aromatic rings. The molecule has 0 amide bonds. The van der Waals surface area contributed by atoms with Crippen LogP contribution in [0.3, 0.4) is 0 Å². The van der Waals surface area contributed by atoms with E-state index in [2.05, 4.69) is 36.4 Å². The van der Waals surface area contributed by atoms with E-state index in [4.69, 9.17) is 16.3 Å². The molecule has 3 N–H and O–H groups in total. The van der Waals surface area contributed by atoms with Crippen LogP contribution in [-0.4, -0.2) is 43.5 Å². The molecule has 0 saturated heterocycles. The number of aliphatic hydroxyl groups is 1. The second-order valence-corrected chi connectivity index (χ2v) is 6.66. The minimum atomic E-state index is -0.606. The molecule has 0 bridgehead atoms. The quantitative estimate of drug-likeness (QED) is 0.470. The van der Waals surface area contributed by atoms with E-state index in [0.29, 0.717) is 31.6 Å². The first-order valence-corrected chi connectivity index (χ1v) is 8.86. The summed E-state index contributed by atoms with van der Waals surface area (Å²) in [5.74, 6) is 1.13. The van der Waals surface area contributed by atoms with E-state index in [-0.39, 0.29) is 6.04 Å². The molecule has 0 aromatic heterocycles. The molecular weight excluding hydrogens is 326 g/mol. The molecule has 6 heteroatoms. The molecule has 2 atom stereocenters. The van der Waals surface area contributed by atoms with E-state index in [1.807, 2.05) is 31.2 Å². The van der Waals surface area contributed by atoms with Crippen molar-refractivity contribution in [1.29, 1.82) is 0 Å². The Labute approximate surface area is 150 Å². The van der Waals surface area contributed by atoms with Gasteiger partial charge in [0.05, 0.1) is 25.3 Å². The molecule has 0 spiro atoms. The van der Waals surface area contributed by atoms with Gasteiger partial charge in [-0.05, 0) is 37.5 Å². The van der Waals surface area contributed by atoms with Crippen molar-refractivity contribution in [3.63, 3.8) is 0 Å². The second-order valence-electron chi connectivity index (χ2n) is 6.22. The molecule has 0 radical (unpaired) electrons. The number of nitrogens with one attached hydrogen (secondary N) is 2. The van der Waals surface area contributed by atoms with E-state index in [0.717, 1.165) is 17.1 Å². The molecule has 2 unspecified atom stereocenters. The Morgan fingerprint density at radius 3 is 2.46 bits per heavy atom. The first-order chi connectivity index (χ1) is 11.4. The fourth-order valence-corrected chi connectivity index (χ4v) is 2.18. The van der Waals surface area contributed by atoms with Crippen molar-refractivity contribution >= 4 is 17.6 Å². The minimum Gasteiger partial charge on any atom is -0.389 e. The third-order valence-corrected chi connectivity index (χ3v) is 3.54. The van der Waals surface area contributed by atoms with Crippen molar-refractivity contribution in [2.75, 3.05) is 26.3 Å². The minimum absolute atomic E-state index is 0.0781. The van der Waals surface area contributed by atoms with Crippen molar-refractivity contribution in [2.45, 2.75) is 39.8 Å². The molecule has 1 rings (SSSR count). The number of aliphatic imine (C=N–C) groups is 1. The van der Waals surface area contributed by atoms with Crippen LogP contribution < -0.4 is 10.6 Å². The molecule has 136 valence electrons. The molecule has 0 saturated carbocycles. The number of nitrogens with zero attached hydrogens (tertiary/aromatic N) is 1. The Morgan fingerprint density at radius 1 is 1.21 bits per heavy atom. The standard InChI is InChI=1S/C18H30ClN3O2/c1-5-20-18(21-10-17(23)12-24-11-13(2)3)22-14(4)15-6-8-16(19)9-7-15/h6-9,13-14,17,23H,5,10-12H2,1-4H3,(H2,20,21,22). The molecule has 1 aromatic carbocycles. The van der Waals surface area contributed by atoms with Crippen LogP contribution in [0.25, 0.3) is 0 Å². The van der Waals surface area contributed by atoms with Crippen molar-refractivity contribution in [1.82, 2.24) is 10.6 Å². The van der Waals surface area contributed by atoms with Gasteiger partial charge in [0.15, 0.2) is 5.96 Å². The first-order valence-electron chi connectivity index (χ1n) is 8.48. The monoisotopic (exact) mass is 355 g/mol. The number of rotatable bonds is 9. The maximum atomic E-state index is 9.96. The van der Waals surface area contributed by atoms with Crippen LogP contribution in [0, 0.1) is 5.92 Å². The highest BCUT2D eigenvalue weighted by Gasteiger charge is 2.09. The highest BCUT2D eigenvalue weighted by atomic mass is 35.5. The first kappa shape index (κ1) is 20.7. The Balaban J connectivity index is 2.53. The Bertz CT molecular complexity index is 492. The van der Waals surface area contributed by atoms with Gasteiger partial charge in [0, 0.05) is 18.2 Å². The Hall–Kier alpha value is -1.30. The Kier molecular flexibility index (Phi) is 9.76. The van der Waals surface area contributed by atoms with Crippen molar-refractivity contribution < 1.29 is 9.84 Å². The summed E-state index contributed by atoms with van der Waals surface area (Å²) in [5, 5.41) is 17.2. The lowest BCUT2D eigenvalue weighted by atomic mass is 10.1. The van der Waals surface area contributed by atoms with Gasteiger partial charge in [-0.15, -0.1) is 0 Å². The highest BCUT2D eigenvalue weighted by molar-refractivity contribution is 6.30. The number of guanidine groups is 1. The van der Waals surface area contributed by atoms with E-state index in [1.165, 1.54) is 0 Å². The van der Waals surface area contributed by atoms with Gasteiger partial charge in [-0.25, -0.2) is 0 Å². The fourth-order valence-electron chi connectivity index (χ4n) is 2.05. The maximum absolute atomic E-state index is 9.96. The summed E-state index contributed by atoms with van der Waals surface area (Å²) >= 11 is 5.92. The smallest absolute Gasteiger partial charge is 0.191 e. The van der Waals surface area contributed by atoms with E-state index < -0.39 is 6.10 Å². The van der Waals surface area contributed by atoms with Crippen LogP contribution in [0.5, 0.6) is 0 Å². The van der Waals surface area contributed by atoms with Crippen LogP contribution in [0.1, 0.15) is 39.3 Å². The van der Waals surface area contributed by atoms with E-state index >= 15 is 0 Å². The number of hydrogen-bond donors (Lipinski definition) is 3. The van der Waals surface area contributed by atoms with Gasteiger partial charge in [-0.3, -0.25) is 4.99 Å². The van der Waals surface area contributed by atoms with Gasteiger partial charge < -0.3 is 20.5 Å².